The summed E-state index contributed by atoms with van der Waals surface area (Å²) in [5.74, 6) is 0.766. The predicted octanol–water partition coefficient (Wildman–Crippen LogP) is -0.455. The normalized spacial score (nSPS) is 16.9. The highest BCUT2D eigenvalue weighted by atomic mass is 32.2. The number of hydrogen-bond donors (Lipinski definition) is 2. The van der Waals surface area contributed by atoms with Gasteiger partial charge in [0, 0.05) is 46.4 Å². The fourth-order valence-electron chi connectivity index (χ4n) is 2.67. The Bertz CT molecular complexity index is 608. The van der Waals surface area contributed by atoms with Gasteiger partial charge in [0.25, 0.3) is 0 Å². The highest BCUT2D eigenvalue weighted by Crippen LogP contribution is 2.15. The molecular formula is C18H37N5O4S. The van der Waals surface area contributed by atoms with E-state index in [4.69, 9.17) is 4.74 Å². The molecule has 164 valence electrons. The third-order valence-corrected chi connectivity index (χ3v) is 7.14. The van der Waals surface area contributed by atoms with Gasteiger partial charge in [-0.1, -0.05) is 0 Å². The zero-order valence-electron chi connectivity index (χ0n) is 18.0. The maximum absolute atomic E-state index is 12.3. The number of rotatable bonds is 9. The second-order valence-corrected chi connectivity index (χ2v) is 10.6. The van der Waals surface area contributed by atoms with Gasteiger partial charge >= 0.3 is 0 Å². The standard InChI is InChI=1S/C18H37N5O4S/c1-6-19-17(21-8-14-28(25,26)18(2,3)4)23-11-9-22(10-12-23)15-16(24)20-7-13-27-5/h6-15H2,1-5H3,(H,19,21)(H,20,24). The molecule has 2 N–H and O–H groups in total. The molecule has 1 aliphatic rings. The number of nitrogens with one attached hydrogen (secondary N) is 2. The van der Waals surface area contributed by atoms with Crippen LogP contribution in [0.4, 0.5) is 0 Å². The summed E-state index contributed by atoms with van der Waals surface area (Å²) in [5.41, 5.74) is 0. The first kappa shape index (κ1) is 24.6. The molecule has 0 aromatic rings. The van der Waals surface area contributed by atoms with E-state index >= 15 is 0 Å². The van der Waals surface area contributed by atoms with Crippen LogP contribution in [0, 0.1) is 0 Å². The molecule has 28 heavy (non-hydrogen) atoms. The predicted molar refractivity (Wildman–Crippen MR) is 112 cm³/mol. The highest BCUT2D eigenvalue weighted by Gasteiger charge is 2.28. The van der Waals surface area contributed by atoms with E-state index in [0.29, 0.717) is 26.2 Å². The third kappa shape index (κ3) is 8.32. The quantitative estimate of drug-likeness (QED) is 0.296. The molecule has 0 aromatic heterocycles. The molecule has 1 saturated heterocycles. The Hall–Kier alpha value is -1.39. The van der Waals surface area contributed by atoms with E-state index < -0.39 is 14.6 Å². The molecule has 1 heterocycles. The lowest BCUT2D eigenvalue weighted by atomic mass is 10.3. The van der Waals surface area contributed by atoms with Crippen LogP contribution in [0.5, 0.6) is 0 Å². The Morgan fingerprint density at radius 3 is 2.32 bits per heavy atom. The summed E-state index contributed by atoms with van der Waals surface area (Å²) in [4.78, 5) is 20.6. The van der Waals surface area contributed by atoms with Crippen LogP contribution in [-0.2, 0) is 19.4 Å². The smallest absolute Gasteiger partial charge is 0.234 e. The van der Waals surface area contributed by atoms with Gasteiger partial charge in [-0.2, -0.15) is 0 Å². The van der Waals surface area contributed by atoms with Gasteiger partial charge in [0.1, 0.15) is 0 Å². The summed E-state index contributed by atoms with van der Waals surface area (Å²) in [6, 6.07) is 0. The molecule has 0 unspecified atom stereocenters. The van der Waals surface area contributed by atoms with Gasteiger partial charge in [0.15, 0.2) is 15.8 Å². The van der Waals surface area contributed by atoms with Crippen LogP contribution in [0.15, 0.2) is 4.99 Å². The Morgan fingerprint density at radius 1 is 1.14 bits per heavy atom. The van der Waals surface area contributed by atoms with Crippen LogP contribution < -0.4 is 10.6 Å². The highest BCUT2D eigenvalue weighted by molar-refractivity contribution is 7.92. The average Bonchev–Trinajstić information content (AvgIpc) is 2.61. The van der Waals surface area contributed by atoms with E-state index in [1.807, 2.05) is 6.92 Å². The van der Waals surface area contributed by atoms with Crippen LogP contribution >= 0.6 is 0 Å². The minimum atomic E-state index is -3.19. The van der Waals surface area contributed by atoms with Crippen molar-refractivity contribution in [3.63, 3.8) is 0 Å². The molecule has 0 aromatic carbocycles. The number of carbonyl (C=O) groups is 1. The summed E-state index contributed by atoms with van der Waals surface area (Å²) in [7, 11) is -1.58. The van der Waals surface area contributed by atoms with Gasteiger partial charge in [-0.05, 0) is 27.7 Å². The van der Waals surface area contributed by atoms with Crippen LogP contribution in [0.1, 0.15) is 27.7 Å². The first-order valence-corrected chi connectivity index (χ1v) is 11.5. The monoisotopic (exact) mass is 419 g/mol. The van der Waals surface area contributed by atoms with Crippen molar-refractivity contribution in [2.24, 2.45) is 4.99 Å². The molecule has 1 amide bonds. The summed E-state index contributed by atoms with van der Waals surface area (Å²) in [6.07, 6.45) is 0. The molecule has 0 atom stereocenters. The average molecular weight is 420 g/mol. The second-order valence-electron chi connectivity index (χ2n) is 7.77. The van der Waals surface area contributed by atoms with E-state index in [-0.39, 0.29) is 18.2 Å². The molecule has 1 fully saturated rings. The van der Waals surface area contributed by atoms with Crippen molar-refractivity contribution in [2.45, 2.75) is 32.4 Å². The lowest BCUT2D eigenvalue weighted by molar-refractivity contribution is -0.122. The van der Waals surface area contributed by atoms with E-state index in [9.17, 15) is 13.2 Å². The molecule has 10 heteroatoms. The third-order valence-electron chi connectivity index (χ3n) is 4.56. The lowest BCUT2D eigenvalue weighted by Crippen LogP contribution is -2.54. The summed E-state index contributed by atoms with van der Waals surface area (Å²) >= 11 is 0. The van der Waals surface area contributed by atoms with Crippen LogP contribution in [-0.4, -0.2) is 107 Å². The fourth-order valence-corrected chi connectivity index (χ4v) is 3.62. The largest absolute Gasteiger partial charge is 0.383 e. The van der Waals surface area contributed by atoms with Crippen molar-refractivity contribution in [3.05, 3.63) is 0 Å². The van der Waals surface area contributed by atoms with E-state index in [1.54, 1.807) is 27.9 Å². The zero-order valence-corrected chi connectivity index (χ0v) is 18.8. The maximum atomic E-state index is 12.3. The lowest BCUT2D eigenvalue weighted by Gasteiger charge is -2.36. The Balaban J connectivity index is 2.52. The van der Waals surface area contributed by atoms with Crippen molar-refractivity contribution in [1.29, 1.82) is 0 Å². The first-order valence-electron chi connectivity index (χ1n) is 9.84. The maximum Gasteiger partial charge on any atom is 0.234 e. The number of sulfone groups is 1. The fraction of sp³-hybridized carbons (Fsp3) is 0.889. The number of piperazine rings is 1. The number of nitrogens with zero attached hydrogens (tertiary/aromatic N) is 3. The van der Waals surface area contributed by atoms with E-state index in [0.717, 1.165) is 32.1 Å². The summed E-state index contributed by atoms with van der Waals surface area (Å²) in [6.45, 7) is 12.5. The van der Waals surface area contributed by atoms with Crippen LogP contribution in [0.3, 0.4) is 0 Å². The van der Waals surface area contributed by atoms with Gasteiger partial charge in [-0.15, -0.1) is 0 Å². The van der Waals surface area contributed by atoms with E-state index in [1.165, 1.54) is 0 Å². The van der Waals surface area contributed by atoms with Gasteiger partial charge in [0.05, 0.1) is 30.2 Å². The number of hydrogen-bond acceptors (Lipinski definition) is 6. The molecule has 9 nitrogen and oxygen atoms in total. The van der Waals surface area contributed by atoms with Gasteiger partial charge in [-0.25, -0.2) is 8.42 Å². The number of carbonyl (C=O) groups excluding carboxylic acids is 1. The molecule has 0 spiro atoms. The van der Waals surface area contributed by atoms with Gasteiger partial charge in [-0.3, -0.25) is 14.7 Å². The number of methoxy groups -OCH3 is 1. The first-order chi connectivity index (χ1) is 13.1. The molecule has 0 saturated carbocycles. The number of aliphatic imine (C=N–C) groups is 1. The van der Waals surface area contributed by atoms with Crippen molar-refractivity contribution >= 4 is 21.7 Å². The molecule has 0 bridgehead atoms. The van der Waals surface area contributed by atoms with Gasteiger partial charge in [0.2, 0.25) is 5.91 Å². The molecule has 1 rings (SSSR count). The zero-order chi connectivity index (χ0) is 21.2. The molecule has 0 radical (unpaired) electrons. The van der Waals surface area contributed by atoms with Crippen LogP contribution in [0.2, 0.25) is 0 Å². The van der Waals surface area contributed by atoms with E-state index in [2.05, 4.69) is 25.4 Å². The van der Waals surface area contributed by atoms with Gasteiger partial charge < -0.3 is 20.3 Å². The van der Waals surface area contributed by atoms with Crippen LogP contribution in [0.25, 0.3) is 0 Å². The minimum absolute atomic E-state index is 0.00143. The van der Waals surface area contributed by atoms with Crippen molar-refractivity contribution in [2.75, 3.05) is 71.8 Å². The number of guanidine groups is 1. The van der Waals surface area contributed by atoms with Crippen molar-refractivity contribution in [3.8, 4) is 0 Å². The second kappa shape index (κ2) is 11.6. The minimum Gasteiger partial charge on any atom is -0.383 e. The molecule has 1 aliphatic heterocycles. The summed E-state index contributed by atoms with van der Waals surface area (Å²) < 4.78 is 28.7. The molecule has 0 aliphatic carbocycles. The van der Waals surface area contributed by atoms with Crippen molar-refractivity contribution < 1.29 is 17.9 Å². The number of ether oxygens (including phenoxy) is 1. The Morgan fingerprint density at radius 2 is 1.79 bits per heavy atom. The van der Waals surface area contributed by atoms with Crippen molar-refractivity contribution in [1.82, 2.24) is 20.4 Å². The SMILES string of the molecule is CCNC(=NCCS(=O)(=O)C(C)(C)C)N1CCN(CC(=O)NCCOC)CC1. The Kier molecular flexibility index (Phi) is 10.2. The Labute approximate surface area is 169 Å². The summed E-state index contributed by atoms with van der Waals surface area (Å²) in [5, 5.41) is 6.06. The molecular weight excluding hydrogens is 382 g/mol. The topological polar surface area (TPSA) is 103 Å². The number of amides is 1.